The Hall–Kier alpha value is -1.52. The number of methoxy groups -OCH3 is 1. The molecule has 1 aromatic heterocycles. The minimum absolute atomic E-state index is 0.846. The molecule has 1 saturated heterocycles. The number of aromatic amines is 1. The zero-order valence-electron chi connectivity index (χ0n) is 12.7. The Balaban J connectivity index is 1.51. The molecule has 2 heterocycles. The van der Waals surface area contributed by atoms with Crippen molar-refractivity contribution in [1.82, 2.24) is 15.6 Å². The topological polar surface area (TPSA) is 49.1 Å². The number of ether oxygens (including phenoxy) is 1. The summed E-state index contributed by atoms with van der Waals surface area (Å²) >= 11 is 0. The van der Waals surface area contributed by atoms with Gasteiger partial charge < -0.3 is 20.4 Å². The van der Waals surface area contributed by atoms with E-state index in [2.05, 4.69) is 33.9 Å². The first-order valence-corrected chi connectivity index (χ1v) is 7.92. The van der Waals surface area contributed by atoms with Crippen molar-refractivity contribution >= 4 is 10.9 Å². The summed E-state index contributed by atoms with van der Waals surface area (Å²) in [6.45, 7) is 4.55. The molecule has 0 unspecified atom stereocenters. The summed E-state index contributed by atoms with van der Waals surface area (Å²) < 4.78 is 5.26. The number of piperidine rings is 1. The highest BCUT2D eigenvalue weighted by Gasteiger charge is 2.12. The highest BCUT2D eigenvalue weighted by atomic mass is 16.5. The first-order valence-electron chi connectivity index (χ1n) is 7.92. The van der Waals surface area contributed by atoms with Crippen molar-refractivity contribution in [1.29, 1.82) is 0 Å². The van der Waals surface area contributed by atoms with E-state index in [-0.39, 0.29) is 0 Å². The number of fused-ring (bicyclic) bond motifs is 1. The summed E-state index contributed by atoms with van der Waals surface area (Å²) in [4.78, 5) is 3.34. The van der Waals surface area contributed by atoms with Crippen LogP contribution in [0.1, 0.15) is 18.4 Å². The third-order valence-corrected chi connectivity index (χ3v) is 4.44. The Bertz CT molecular complexity index is 572. The van der Waals surface area contributed by atoms with Crippen LogP contribution in [0.5, 0.6) is 5.75 Å². The molecule has 0 aliphatic carbocycles. The molecule has 2 aromatic rings. The number of H-pyrrole nitrogens is 1. The van der Waals surface area contributed by atoms with E-state index in [0.29, 0.717) is 0 Å². The Morgan fingerprint density at radius 1 is 1.29 bits per heavy atom. The second kappa shape index (κ2) is 6.96. The molecule has 114 valence electrons. The largest absolute Gasteiger partial charge is 0.497 e. The lowest BCUT2D eigenvalue weighted by Gasteiger charge is -2.22. The van der Waals surface area contributed by atoms with E-state index < -0.39 is 0 Å². The molecule has 1 aliphatic rings. The van der Waals surface area contributed by atoms with Crippen LogP contribution < -0.4 is 15.4 Å². The maximum absolute atomic E-state index is 5.26. The van der Waals surface area contributed by atoms with Gasteiger partial charge in [0, 0.05) is 23.2 Å². The predicted octanol–water partition coefficient (Wildman–Crippen LogP) is 2.31. The molecular weight excluding hydrogens is 262 g/mol. The lowest BCUT2D eigenvalue weighted by atomic mass is 9.98. The Kier molecular flexibility index (Phi) is 4.78. The maximum atomic E-state index is 5.26. The van der Waals surface area contributed by atoms with Crippen LogP contribution in [0.3, 0.4) is 0 Å². The molecule has 0 radical (unpaired) electrons. The summed E-state index contributed by atoms with van der Waals surface area (Å²) in [5.41, 5.74) is 2.54. The van der Waals surface area contributed by atoms with Gasteiger partial charge in [0.05, 0.1) is 7.11 Å². The fourth-order valence-electron chi connectivity index (χ4n) is 3.11. The van der Waals surface area contributed by atoms with Gasteiger partial charge in [0.2, 0.25) is 0 Å². The average Bonchev–Trinajstić information content (AvgIpc) is 2.95. The summed E-state index contributed by atoms with van der Waals surface area (Å²) in [7, 11) is 1.70. The van der Waals surface area contributed by atoms with E-state index >= 15 is 0 Å². The summed E-state index contributed by atoms with van der Waals surface area (Å²) in [6.07, 6.45) is 5.80. The maximum Gasteiger partial charge on any atom is 0.120 e. The zero-order chi connectivity index (χ0) is 14.5. The van der Waals surface area contributed by atoms with E-state index in [0.717, 1.165) is 36.7 Å². The minimum Gasteiger partial charge on any atom is -0.497 e. The second-order valence-electron chi connectivity index (χ2n) is 5.87. The number of aromatic nitrogens is 1. The molecule has 0 amide bonds. The van der Waals surface area contributed by atoms with E-state index in [9.17, 15) is 0 Å². The quantitative estimate of drug-likeness (QED) is 0.715. The van der Waals surface area contributed by atoms with E-state index in [1.54, 1.807) is 7.11 Å². The lowest BCUT2D eigenvalue weighted by Crippen LogP contribution is -2.34. The molecule has 0 spiro atoms. The van der Waals surface area contributed by atoms with Gasteiger partial charge in [-0.2, -0.15) is 0 Å². The highest BCUT2D eigenvalue weighted by Crippen LogP contribution is 2.23. The van der Waals surface area contributed by atoms with Crippen LogP contribution >= 0.6 is 0 Å². The molecule has 3 N–H and O–H groups in total. The van der Waals surface area contributed by atoms with Gasteiger partial charge in [-0.15, -0.1) is 0 Å². The summed E-state index contributed by atoms with van der Waals surface area (Å²) in [5.74, 6) is 1.75. The van der Waals surface area contributed by atoms with Gasteiger partial charge >= 0.3 is 0 Å². The van der Waals surface area contributed by atoms with Crippen molar-refractivity contribution in [2.24, 2.45) is 5.92 Å². The molecule has 0 saturated carbocycles. The van der Waals surface area contributed by atoms with Gasteiger partial charge in [-0.1, -0.05) is 0 Å². The molecule has 3 rings (SSSR count). The van der Waals surface area contributed by atoms with Crippen molar-refractivity contribution in [3.8, 4) is 5.75 Å². The molecule has 4 heteroatoms. The first kappa shape index (κ1) is 14.4. The van der Waals surface area contributed by atoms with E-state index in [1.807, 2.05) is 6.07 Å². The molecular formula is C17H25N3O. The third kappa shape index (κ3) is 3.57. The number of benzene rings is 1. The van der Waals surface area contributed by atoms with Gasteiger partial charge in [-0.25, -0.2) is 0 Å². The van der Waals surface area contributed by atoms with E-state index in [1.165, 1.54) is 36.9 Å². The molecule has 21 heavy (non-hydrogen) atoms. The van der Waals surface area contributed by atoms with Crippen LogP contribution in [-0.4, -0.2) is 38.3 Å². The van der Waals surface area contributed by atoms with Crippen molar-refractivity contribution < 1.29 is 4.74 Å². The number of hydrogen-bond donors (Lipinski definition) is 3. The highest BCUT2D eigenvalue weighted by molar-refractivity contribution is 5.84. The standard InChI is InChI=1S/C17H25N3O/c1-21-15-2-3-16-14(12-20-17(16)10-15)6-9-19-11-13-4-7-18-8-5-13/h2-3,10,12-13,18-20H,4-9,11H2,1H3. The van der Waals surface area contributed by atoms with Crippen molar-refractivity contribution in [3.05, 3.63) is 30.0 Å². The fourth-order valence-corrected chi connectivity index (χ4v) is 3.11. The number of nitrogens with one attached hydrogen (secondary N) is 3. The van der Waals surface area contributed by atoms with Gasteiger partial charge in [0.15, 0.2) is 0 Å². The molecule has 1 aromatic carbocycles. The molecule has 4 nitrogen and oxygen atoms in total. The van der Waals surface area contributed by atoms with E-state index in [4.69, 9.17) is 4.74 Å². The van der Waals surface area contributed by atoms with Crippen LogP contribution in [0.25, 0.3) is 10.9 Å². The molecule has 0 atom stereocenters. The van der Waals surface area contributed by atoms with Gasteiger partial charge in [-0.3, -0.25) is 0 Å². The van der Waals surface area contributed by atoms with Crippen molar-refractivity contribution in [2.45, 2.75) is 19.3 Å². The average molecular weight is 287 g/mol. The molecule has 1 fully saturated rings. The van der Waals surface area contributed by atoms with Crippen LogP contribution in [-0.2, 0) is 6.42 Å². The predicted molar refractivity (Wildman–Crippen MR) is 87.0 cm³/mol. The Morgan fingerprint density at radius 3 is 2.95 bits per heavy atom. The van der Waals surface area contributed by atoms with Crippen LogP contribution in [0.15, 0.2) is 24.4 Å². The molecule has 0 bridgehead atoms. The number of rotatable bonds is 6. The minimum atomic E-state index is 0.846. The smallest absolute Gasteiger partial charge is 0.120 e. The van der Waals surface area contributed by atoms with Gasteiger partial charge in [0.25, 0.3) is 0 Å². The Labute approximate surface area is 126 Å². The second-order valence-corrected chi connectivity index (χ2v) is 5.87. The van der Waals surface area contributed by atoms with Crippen LogP contribution in [0.4, 0.5) is 0 Å². The first-order chi connectivity index (χ1) is 10.4. The van der Waals surface area contributed by atoms with Crippen molar-refractivity contribution in [2.75, 3.05) is 33.3 Å². The lowest BCUT2D eigenvalue weighted by molar-refractivity contribution is 0.358. The molecule has 1 aliphatic heterocycles. The fraction of sp³-hybridized carbons (Fsp3) is 0.529. The monoisotopic (exact) mass is 287 g/mol. The number of hydrogen-bond acceptors (Lipinski definition) is 3. The summed E-state index contributed by atoms with van der Waals surface area (Å²) in [6, 6.07) is 6.23. The third-order valence-electron chi connectivity index (χ3n) is 4.44. The summed E-state index contributed by atoms with van der Waals surface area (Å²) in [5, 5.41) is 8.33. The normalized spacial score (nSPS) is 16.4. The van der Waals surface area contributed by atoms with Gasteiger partial charge in [0.1, 0.15) is 5.75 Å². The van der Waals surface area contributed by atoms with Gasteiger partial charge in [-0.05, 0) is 69.1 Å². The zero-order valence-corrected chi connectivity index (χ0v) is 12.7. The van der Waals surface area contributed by atoms with Crippen LogP contribution in [0, 0.1) is 5.92 Å². The Morgan fingerprint density at radius 2 is 2.14 bits per heavy atom. The van der Waals surface area contributed by atoms with Crippen LogP contribution in [0.2, 0.25) is 0 Å². The SMILES string of the molecule is COc1ccc2c(CCNCC3CCNCC3)c[nH]c2c1. The van der Waals surface area contributed by atoms with Crippen molar-refractivity contribution in [3.63, 3.8) is 0 Å².